The summed E-state index contributed by atoms with van der Waals surface area (Å²) in [5.41, 5.74) is -0.762. The first-order chi connectivity index (χ1) is 16.3. The SMILES string of the molecule is O=C(NCCO)c1ccc2c(c1)ncn2-c1ccc(OCc2ccc(SC(F)(F)F)cc2)cc1. The van der Waals surface area contributed by atoms with Crippen LogP contribution in [0.3, 0.4) is 0 Å². The smallest absolute Gasteiger partial charge is 0.446 e. The van der Waals surface area contributed by atoms with Crippen LogP contribution in [0.4, 0.5) is 13.2 Å². The standard InChI is InChI=1S/C24H20F3N3O3S/c25-24(26,27)34-20-8-1-16(2-9-20)14-33-19-6-4-18(5-7-19)30-15-29-21-13-17(3-10-22(21)30)23(32)28-11-12-31/h1-10,13,15,31H,11-12,14H2,(H,28,32). The average Bonchev–Trinajstić information content (AvgIpc) is 3.25. The summed E-state index contributed by atoms with van der Waals surface area (Å²) in [5.74, 6) is 0.338. The summed E-state index contributed by atoms with van der Waals surface area (Å²) in [5, 5.41) is 11.5. The quantitative estimate of drug-likeness (QED) is 0.345. The Balaban J connectivity index is 1.41. The van der Waals surface area contributed by atoms with E-state index in [2.05, 4.69) is 10.3 Å². The number of aliphatic hydroxyl groups excluding tert-OH is 1. The minimum atomic E-state index is -4.31. The number of ether oxygens (including phenoxy) is 1. The number of rotatable bonds is 8. The molecule has 1 amide bonds. The summed E-state index contributed by atoms with van der Waals surface area (Å²) >= 11 is -0.147. The highest BCUT2D eigenvalue weighted by molar-refractivity contribution is 8.00. The monoisotopic (exact) mass is 487 g/mol. The Labute approximate surface area is 197 Å². The molecule has 4 rings (SSSR count). The molecule has 4 aromatic rings. The van der Waals surface area contributed by atoms with Crippen molar-refractivity contribution in [3.8, 4) is 11.4 Å². The predicted molar refractivity (Wildman–Crippen MR) is 123 cm³/mol. The maximum atomic E-state index is 12.4. The van der Waals surface area contributed by atoms with E-state index in [0.29, 0.717) is 16.8 Å². The molecule has 0 aliphatic heterocycles. The molecule has 0 bridgehead atoms. The predicted octanol–water partition coefficient (Wildman–Crippen LogP) is 4.94. The molecule has 6 nitrogen and oxygen atoms in total. The Morgan fingerprint density at radius 2 is 1.79 bits per heavy atom. The first kappa shape index (κ1) is 23.7. The minimum Gasteiger partial charge on any atom is -0.489 e. The molecule has 0 atom stereocenters. The van der Waals surface area contributed by atoms with Crippen molar-refractivity contribution in [2.24, 2.45) is 0 Å². The maximum absolute atomic E-state index is 12.4. The zero-order valence-corrected chi connectivity index (χ0v) is 18.6. The van der Waals surface area contributed by atoms with E-state index >= 15 is 0 Å². The first-order valence-corrected chi connectivity index (χ1v) is 11.1. The van der Waals surface area contributed by atoms with Crippen LogP contribution < -0.4 is 10.1 Å². The van der Waals surface area contributed by atoms with Crippen molar-refractivity contribution in [1.82, 2.24) is 14.9 Å². The van der Waals surface area contributed by atoms with E-state index in [0.717, 1.165) is 16.8 Å². The van der Waals surface area contributed by atoms with Crippen LogP contribution in [0.25, 0.3) is 16.7 Å². The van der Waals surface area contributed by atoms with Crippen molar-refractivity contribution < 1.29 is 27.8 Å². The number of halogens is 3. The number of carbonyl (C=O) groups is 1. The highest BCUT2D eigenvalue weighted by Gasteiger charge is 2.29. The third-order valence-electron chi connectivity index (χ3n) is 4.88. The van der Waals surface area contributed by atoms with Crippen molar-refractivity contribution >= 4 is 28.7 Å². The van der Waals surface area contributed by atoms with Gasteiger partial charge in [0.2, 0.25) is 0 Å². The number of carbonyl (C=O) groups excluding carboxylic acids is 1. The molecule has 0 saturated heterocycles. The number of aromatic nitrogens is 2. The summed E-state index contributed by atoms with van der Waals surface area (Å²) in [6, 6.07) is 18.6. The first-order valence-electron chi connectivity index (χ1n) is 10.3. The number of alkyl halides is 3. The molecule has 0 radical (unpaired) electrons. The van der Waals surface area contributed by atoms with Gasteiger partial charge in [-0.3, -0.25) is 9.36 Å². The highest BCUT2D eigenvalue weighted by atomic mass is 32.2. The lowest BCUT2D eigenvalue weighted by molar-refractivity contribution is -0.0328. The third-order valence-corrected chi connectivity index (χ3v) is 5.62. The van der Waals surface area contributed by atoms with E-state index < -0.39 is 5.51 Å². The van der Waals surface area contributed by atoms with Gasteiger partial charge >= 0.3 is 5.51 Å². The Bertz CT molecular complexity index is 1270. The normalized spacial score (nSPS) is 11.5. The molecule has 10 heteroatoms. The molecule has 0 saturated carbocycles. The molecule has 34 heavy (non-hydrogen) atoms. The molecule has 0 unspecified atom stereocenters. The summed E-state index contributed by atoms with van der Waals surface area (Å²) in [6.07, 6.45) is 1.66. The molecule has 176 valence electrons. The number of aliphatic hydroxyl groups is 1. The minimum absolute atomic E-state index is 0.129. The molecule has 2 N–H and O–H groups in total. The van der Waals surface area contributed by atoms with Crippen LogP contribution in [-0.2, 0) is 6.61 Å². The number of hydrogen-bond donors (Lipinski definition) is 2. The van der Waals surface area contributed by atoms with Gasteiger partial charge in [-0.1, -0.05) is 12.1 Å². The third kappa shape index (κ3) is 5.89. The number of amides is 1. The topological polar surface area (TPSA) is 76.4 Å². The summed E-state index contributed by atoms with van der Waals surface area (Å²) in [4.78, 5) is 16.6. The molecular formula is C24H20F3N3O3S. The molecular weight excluding hydrogens is 467 g/mol. The molecule has 0 spiro atoms. The number of nitrogens with zero attached hydrogens (tertiary/aromatic N) is 2. The molecule has 0 aliphatic rings. The van der Waals surface area contributed by atoms with Gasteiger partial charge < -0.3 is 15.2 Å². The van der Waals surface area contributed by atoms with E-state index in [4.69, 9.17) is 9.84 Å². The number of hydrogen-bond acceptors (Lipinski definition) is 5. The fraction of sp³-hybridized carbons (Fsp3) is 0.167. The Morgan fingerprint density at radius 3 is 2.47 bits per heavy atom. The second-order valence-electron chi connectivity index (χ2n) is 7.27. The Hall–Kier alpha value is -3.50. The molecule has 3 aromatic carbocycles. The Kier molecular flexibility index (Phi) is 7.09. The molecule has 1 heterocycles. The average molecular weight is 488 g/mol. The van der Waals surface area contributed by atoms with Crippen LogP contribution >= 0.6 is 11.8 Å². The van der Waals surface area contributed by atoms with Crippen molar-refractivity contribution in [3.63, 3.8) is 0 Å². The zero-order chi connectivity index (χ0) is 24.1. The van der Waals surface area contributed by atoms with Crippen molar-refractivity contribution in [2.45, 2.75) is 17.0 Å². The van der Waals surface area contributed by atoms with Gasteiger partial charge in [0.15, 0.2) is 0 Å². The van der Waals surface area contributed by atoms with Crippen molar-refractivity contribution in [3.05, 3.63) is 84.2 Å². The van der Waals surface area contributed by atoms with Gasteiger partial charge in [-0.2, -0.15) is 13.2 Å². The number of thioether (sulfide) groups is 1. The summed E-state index contributed by atoms with van der Waals surface area (Å²) in [6.45, 7) is 0.281. The Morgan fingerprint density at radius 1 is 1.06 bits per heavy atom. The second kappa shape index (κ2) is 10.2. The number of benzene rings is 3. The van der Waals surface area contributed by atoms with Gasteiger partial charge in [-0.05, 0) is 71.9 Å². The summed E-state index contributed by atoms with van der Waals surface area (Å²) < 4.78 is 44.9. The highest BCUT2D eigenvalue weighted by Crippen LogP contribution is 2.36. The van der Waals surface area contributed by atoms with E-state index in [-0.39, 0.29) is 42.3 Å². The molecule has 1 aromatic heterocycles. The lowest BCUT2D eigenvalue weighted by atomic mass is 10.2. The number of fused-ring (bicyclic) bond motifs is 1. The van der Waals surface area contributed by atoms with Crippen molar-refractivity contribution in [2.75, 3.05) is 13.2 Å². The van der Waals surface area contributed by atoms with E-state index in [1.165, 1.54) is 12.1 Å². The second-order valence-corrected chi connectivity index (χ2v) is 8.41. The largest absolute Gasteiger partial charge is 0.489 e. The van der Waals surface area contributed by atoms with Crippen LogP contribution in [0, 0.1) is 0 Å². The van der Waals surface area contributed by atoms with Crippen molar-refractivity contribution in [1.29, 1.82) is 0 Å². The van der Waals surface area contributed by atoms with Crippen LogP contribution in [0.15, 0.2) is 78.0 Å². The molecule has 0 fully saturated rings. The van der Waals surface area contributed by atoms with E-state index in [1.807, 2.05) is 16.7 Å². The fourth-order valence-corrected chi connectivity index (χ4v) is 3.83. The number of imidazole rings is 1. The van der Waals surface area contributed by atoms with Crippen LogP contribution in [0.5, 0.6) is 5.75 Å². The maximum Gasteiger partial charge on any atom is 0.446 e. The van der Waals surface area contributed by atoms with Gasteiger partial charge in [0, 0.05) is 22.7 Å². The lowest BCUT2D eigenvalue weighted by Gasteiger charge is -2.10. The number of nitrogens with one attached hydrogen (secondary N) is 1. The lowest BCUT2D eigenvalue weighted by Crippen LogP contribution is -2.26. The van der Waals surface area contributed by atoms with Crippen LogP contribution in [0.1, 0.15) is 15.9 Å². The van der Waals surface area contributed by atoms with Gasteiger partial charge in [-0.15, -0.1) is 0 Å². The van der Waals surface area contributed by atoms with E-state index in [1.54, 1.807) is 48.8 Å². The zero-order valence-electron chi connectivity index (χ0n) is 17.7. The summed E-state index contributed by atoms with van der Waals surface area (Å²) in [7, 11) is 0. The van der Waals surface area contributed by atoms with E-state index in [9.17, 15) is 18.0 Å². The fourth-order valence-electron chi connectivity index (χ4n) is 3.29. The van der Waals surface area contributed by atoms with Gasteiger partial charge in [-0.25, -0.2) is 4.98 Å². The van der Waals surface area contributed by atoms with Gasteiger partial charge in [0.05, 0.1) is 17.6 Å². The van der Waals surface area contributed by atoms with Crippen LogP contribution in [0.2, 0.25) is 0 Å². The van der Waals surface area contributed by atoms with Gasteiger partial charge in [0.25, 0.3) is 5.91 Å². The van der Waals surface area contributed by atoms with Crippen LogP contribution in [-0.4, -0.2) is 39.2 Å². The van der Waals surface area contributed by atoms with Gasteiger partial charge in [0.1, 0.15) is 18.7 Å². The molecule has 0 aliphatic carbocycles.